The molecule has 0 N–H and O–H groups in total. The quantitative estimate of drug-likeness (QED) is 0.472. The van der Waals surface area contributed by atoms with E-state index in [9.17, 15) is 0 Å². The minimum atomic E-state index is 0.787. The van der Waals surface area contributed by atoms with Crippen LogP contribution in [0.3, 0.4) is 0 Å². The number of methoxy groups -OCH3 is 1. The van der Waals surface area contributed by atoms with Gasteiger partial charge in [0.15, 0.2) is 0 Å². The van der Waals surface area contributed by atoms with Gasteiger partial charge in [-0.05, 0) is 30.7 Å². The average molecular weight is 292 g/mol. The molecule has 0 radical (unpaired) electrons. The normalized spacial score (nSPS) is 9.69. The van der Waals surface area contributed by atoms with Crippen molar-refractivity contribution in [2.75, 3.05) is 18.1 Å². The van der Waals surface area contributed by atoms with Crippen molar-refractivity contribution in [1.82, 2.24) is 0 Å². The number of benzene rings is 1. The summed E-state index contributed by atoms with van der Waals surface area (Å²) in [6, 6.07) is 7.65. The molecule has 0 atom stereocenters. The van der Waals surface area contributed by atoms with E-state index in [4.69, 9.17) is 9.47 Å². The van der Waals surface area contributed by atoms with Crippen LogP contribution in [0.2, 0.25) is 0 Å². The zero-order valence-electron chi connectivity index (χ0n) is 7.63. The van der Waals surface area contributed by atoms with Crippen LogP contribution in [0.4, 0.5) is 0 Å². The molecule has 3 heteroatoms. The van der Waals surface area contributed by atoms with Crippen LogP contribution in [-0.2, 0) is 0 Å². The number of ether oxygens (including phenoxy) is 2. The first-order valence-corrected chi connectivity index (χ1v) is 5.72. The SMILES string of the molecule is COc1ccc(OCCCI)cc1. The summed E-state index contributed by atoms with van der Waals surface area (Å²) in [5.41, 5.74) is 0. The van der Waals surface area contributed by atoms with Crippen molar-refractivity contribution in [2.45, 2.75) is 6.42 Å². The molecule has 0 fully saturated rings. The van der Waals surface area contributed by atoms with Crippen molar-refractivity contribution in [3.05, 3.63) is 24.3 Å². The van der Waals surface area contributed by atoms with Crippen molar-refractivity contribution >= 4 is 22.6 Å². The predicted octanol–water partition coefficient (Wildman–Crippen LogP) is 2.90. The molecule has 0 amide bonds. The minimum Gasteiger partial charge on any atom is -0.497 e. The second-order valence-electron chi connectivity index (χ2n) is 2.57. The van der Waals surface area contributed by atoms with Crippen LogP contribution >= 0.6 is 22.6 Å². The van der Waals surface area contributed by atoms with Crippen LogP contribution in [0.5, 0.6) is 11.5 Å². The topological polar surface area (TPSA) is 18.5 Å². The lowest BCUT2D eigenvalue weighted by Crippen LogP contribution is -1.97. The second kappa shape index (κ2) is 6.07. The van der Waals surface area contributed by atoms with E-state index in [0.29, 0.717) is 0 Å². The van der Waals surface area contributed by atoms with E-state index >= 15 is 0 Å². The van der Waals surface area contributed by atoms with Crippen molar-refractivity contribution in [1.29, 1.82) is 0 Å². The Morgan fingerprint density at radius 1 is 1.15 bits per heavy atom. The zero-order valence-corrected chi connectivity index (χ0v) is 9.78. The van der Waals surface area contributed by atoms with E-state index in [1.807, 2.05) is 24.3 Å². The highest BCUT2D eigenvalue weighted by molar-refractivity contribution is 14.1. The average Bonchev–Trinajstić information content (AvgIpc) is 2.19. The number of halogens is 1. The summed E-state index contributed by atoms with van der Waals surface area (Å²) in [4.78, 5) is 0. The highest BCUT2D eigenvalue weighted by atomic mass is 127. The van der Waals surface area contributed by atoms with E-state index in [0.717, 1.165) is 29.0 Å². The Kier molecular flexibility index (Phi) is 4.97. The fourth-order valence-electron chi connectivity index (χ4n) is 0.917. The largest absolute Gasteiger partial charge is 0.497 e. The fraction of sp³-hybridized carbons (Fsp3) is 0.400. The lowest BCUT2D eigenvalue weighted by Gasteiger charge is -2.05. The van der Waals surface area contributed by atoms with Crippen LogP contribution in [0, 0.1) is 0 Å². The van der Waals surface area contributed by atoms with Gasteiger partial charge in [0.2, 0.25) is 0 Å². The standard InChI is InChI=1S/C10H13IO2/c1-12-9-3-5-10(6-4-9)13-8-2-7-11/h3-6H,2,7-8H2,1H3. The van der Waals surface area contributed by atoms with Gasteiger partial charge in [-0.3, -0.25) is 0 Å². The molecule has 0 saturated heterocycles. The molecule has 0 spiro atoms. The summed E-state index contributed by atoms with van der Waals surface area (Å²) < 4.78 is 11.7. The molecule has 0 bridgehead atoms. The second-order valence-corrected chi connectivity index (χ2v) is 3.65. The van der Waals surface area contributed by atoms with Gasteiger partial charge in [-0.1, -0.05) is 22.6 Å². The van der Waals surface area contributed by atoms with Crippen LogP contribution in [0.15, 0.2) is 24.3 Å². The third-order valence-corrected chi connectivity index (χ3v) is 2.37. The highest BCUT2D eigenvalue weighted by Crippen LogP contribution is 2.16. The van der Waals surface area contributed by atoms with Gasteiger partial charge in [-0.15, -0.1) is 0 Å². The smallest absolute Gasteiger partial charge is 0.119 e. The summed E-state index contributed by atoms with van der Waals surface area (Å²) >= 11 is 2.34. The van der Waals surface area contributed by atoms with E-state index in [1.54, 1.807) is 7.11 Å². The van der Waals surface area contributed by atoms with E-state index in [2.05, 4.69) is 22.6 Å². The maximum atomic E-state index is 5.49. The predicted molar refractivity (Wildman–Crippen MR) is 62.0 cm³/mol. The van der Waals surface area contributed by atoms with Gasteiger partial charge in [-0.25, -0.2) is 0 Å². The summed E-state index contributed by atoms with van der Waals surface area (Å²) in [6.07, 6.45) is 1.09. The van der Waals surface area contributed by atoms with Crippen molar-refractivity contribution in [2.24, 2.45) is 0 Å². The molecule has 0 aromatic heterocycles. The van der Waals surface area contributed by atoms with Crippen molar-refractivity contribution in [3.8, 4) is 11.5 Å². The Bertz CT molecular complexity index is 233. The number of hydrogen-bond donors (Lipinski definition) is 0. The Balaban J connectivity index is 2.40. The van der Waals surface area contributed by atoms with Gasteiger partial charge < -0.3 is 9.47 Å². The molecule has 0 aliphatic rings. The van der Waals surface area contributed by atoms with Crippen LogP contribution in [-0.4, -0.2) is 18.1 Å². The summed E-state index contributed by atoms with van der Waals surface area (Å²) in [7, 11) is 1.66. The molecule has 13 heavy (non-hydrogen) atoms. The Morgan fingerprint density at radius 3 is 2.31 bits per heavy atom. The Labute approximate surface area is 92.4 Å². The molecule has 1 rings (SSSR count). The molecule has 0 heterocycles. The van der Waals surface area contributed by atoms with E-state index < -0.39 is 0 Å². The first-order chi connectivity index (χ1) is 6.36. The number of hydrogen-bond acceptors (Lipinski definition) is 2. The molecule has 72 valence electrons. The first kappa shape index (κ1) is 10.6. The fourth-order valence-corrected chi connectivity index (χ4v) is 1.23. The van der Waals surface area contributed by atoms with Crippen LogP contribution in [0.25, 0.3) is 0 Å². The third kappa shape index (κ3) is 3.85. The van der Waals surface area contributed by atoms with Gasteiger partial charge in [0.25, 0.3) is 0 Å². The molecule has 0 aliphatic carbocycles. The Hall–Kier alpha value is -0.450. The minimum absolute atomic E-state index is 0.787. The molecule has 0 saturated carbocycles. The maximum absolute atomic E-state index is 5.49. The summed E-state index contributed by atoms with van der Waals surface area (Å²) in [6.45, 7) is 0.787. The third-order valence-electron chi connectivity index (χ3n) is 1.61. The molecule has 0 unspecified atom stereocenters. The van der Waals surface area contributed by atoms with Crippen molar-refractivity contribution in [3.63, 3.8) is 0 Å². The van der Waals surface area contributed by atoms with E-state index in [1.165, 1.54) is 0 Å². The summed E-state index contributed by atoms with van der Waals surface area (Å²) in [5.74, 6) is 1.77. The Morgan fingerprint density at radius 2 is 1.77 bits per heavy atom. The zero-order chi connectivity index (χ0) is 9.52. The molecule has 2 nitrogen and oxygen atoms in total. The van der Waals surface area contributed by atoms with Gasteiger partial charge in [0.05, 0.1) is 13.7 Å². The molecule has 1 aromatic rings. The first-order valence-electron chi connectivity index (χ1n) is 4.19. The van der Waals surface area contributed by atoms with Crippen LogP contribution < -0.4 is 9.47 Å². The van der Waals surface area contributed by atoms with Gasteiger partial charge in [-0.2, -0.15) is 0 Å². The highest BCUT2D eigenvalue weighted by Gasteiger charge is 1.93. The number of rotatable bonds is 5. The monoisotopic (exact) mass is 292 g/mol. The van der Waals surface area contributed by atoms with Gasteiger partial charge >= 0.3 is 0 Å². The number of alkyl halides is 1. The molecule has 1 aromatic carbocycles. The van der Waals surface area contributed by atoms with Crippen molar-refractivity contribution < 1.29 is 9.47 Å². The molecule has 0 aliphatic heterocycles. The maximum Gasteiger partial charge on any atom is 0.119 e. The van der Waals surface area contributed by atoms with E-state index in [-0.39, 0.29) is 0 Å². The molecular weight excluding hydrogens is 279 g/mol. The van der Waals surface area contributed by atoms with Gasteiger partial charge in [0.1, 0.15) is 11.5 Å². The lowest BCUT2D eigenvalue weighted by atomic mass is 10.3. The van der Waals surface area contributed by atoms with Crippen LogP contribution in [0.1, 0.15) is 6.42 Å². The lowest BCUT2D eigenvalue weighted by molar-refractivity contribution is 0.318. The van der Waals surface area contributed by atoms with Gasteiger partial charge in [0, 0.05) is 4.43 Å². The summed E-state index contributed by atoms with van der Waals surface area (Å²) in [5, 5.41) is 0. The molecular formula is C10H13IO2.